The number of carbonyl (C=O) groups excluding carboxylic acids is 1. The molecule has 7 heteroatoms. The fourth-order valence-corrected chi connectivity index (χ4v) is 1.01. The number of hydrogen-bond acceptors (Lipinski definition) is 2. The van der Waals surface area contributed by atoms with Crippen LogP contribution in [0.25, 0.3) is 0 Å². The van der Waals surface area contributed by atoms with Gasteiger partial charge in [0.05, 0.1) is 11.8 Å². The first-order chi connectivity index (χ1) is 6.82. The quantitative estimate of drug-likeness (QED) is 0.796. The molecule has 1 aromatic rings. The molecule has 0 spiro atoms. The molecule has 0 saturated carbocycles. The fraction of sp³-hybridized carbons (Fsp3) is 0.500. The highest BCUT2D eigenvalue weighted by molar-refractivity contribution is 5.95. The van der Waals surface area contributed by atoms with Gasteiger partial charge in [0.25, 0.3) is 5.91 Å². The van der Waals surface area contributed by atoms with E-state index in [0.29, 0.717) is 0 Å². The van der Waals surface area contributed by atoms with E-state index in [4.69, 9.17) is 0 Å². The molecule has 84 valence electrons. The molecule has 0 atom stereocenters. The number of nitrogens with one attached hydrogen (secondary N) is 2. The summed E-state index contributed by atoms with van der Waals surface area (Å²) < 4.78 is 37.0. The molecule has 0 aliphatic heterocycles. The van der Waals surface area contributed by atoms with Crippen molar-refractivity contribution in [2.24, 2.45) is 0 Å². The largest absolute Gasteiger partial charge is 0.433 e. The third-order valence-corrected chi connectivity index (χ3v) is 1.59. The van der Waals surface area contributed by atoms with Gasteiger partial charge in [-0.25, -0.2) is 0 Å². The van der Waals surface area contributed by atoms with Crippen molar-refractivity contribution in [1.82, 2.24) is 15.5 Å². The van der Waals surface area contributed by atoms with Crippen LogP contribution < -0.4 is 5.32 Å². The van der Waals surface area contributed by atoms with Gasteiger partial charge in [-0.05, 0) is 13.8 Å². The summed E-state index contributed by atoms with van der Waals surface area (Å²) in [5.74, 6) is -0.786. The SMILES string of the molecule is CC(C)NC(=O)c1cn[nH]c1C(F)(F)F. The number of hydrogen-bond donors (Lipinski definition) is 2. The predicted octanol–water partition coefficient (Wildman–Crippen LogP) is 1.57. The van der Waals surface area contributed by atoms with Gasteiger partial charge in [0.15, 0.2) is 5.69 Å². The summed E-state index contributed by atoms with van der Waals surface area (Å²) in [7, 11) is 0. The molecule has 0 aliphatic rings. The number of aromatic amines is 1. The number of rotatable bonds is 2. The van der Waals surface area contributed by atoms with Crippen LogP contribution >= 0.6 is 0 Å². The van der Waals surface area contributed by atoms with Crippen molar-refractivity contribution in [1.29, 1.82) is 0 Å². The van der Waals surface area contributed by atoms with Gasteiger partial charge in [0.1, 0.15) is 0 Å². The Morgan fingerprint density at radius 3 is 2.60 bits per heavy atom. The number of amides is 1. The lowest BCUT2D eigenvalue weighted by Gasteiger charge is -2.09. The van der Waals surface area contributed by atoms with Crippen LogP contribution in [0.4, 0.5) is 13.2 Å². The number of alkyl halides is 3. The van der Waals surface area contributed by atoms with E-state index in [1.165, 1.54) is 0 Å². The Hall–Kier alpha value is -1.53. The smallest absolute Gasteiger partial charge is 0.350 e. The van der Waals surface area contributed by atoms with E-state index in [0.717, 1.165) is 6.20 Å². The maximum absolute atomic E-state index is 12.3. The summed E-state index contributed by atoms with van der Waals surface area (Å²) in [6, 6.07) is -0.228. The summed E-state index contributed by atoms with van der Waals surface area (Å²) in [5, 5.41) is 7.33. The second-order valence-electron chi connectivity index (χ2n) is 3.28. The predicted molar refractivity (Wildman–Crippen MR) is 46.2 cm³/mol. The Bertz CT molecular complexity index is 356. The molecule has 1 rings (SSSR count). The first-order valence-electron chi connectivity index (χ1n) is 4.23. The van der Waals surface area contributed by atoms with Crippen LogP contribution in [-0.4, -0.2) is 22.1 Å². The second kappa shape index (κ2) is 3.92. The summed E-state index contributed by atoms with van der Waals surface area (Å²) in [5.41, 5.74) is -1.61. The van der Waals surface area contributed by atoms with E-state index in [9.17, 15) is 18.0 Å². The van der Waals surface area contributed by atoms with Gasteiger partial charge in [-0.2, -0.15) is 18.3 Å². The maximum atomic E-state index is 12.3. The Balaban J connectivity index is 2.96. The number of halogens is 3. The van der Waals surface area contributed by atoms with E-state index < -0.39 is 23.3 Å². The van der Waals surface area contributed by atoms with Crippen LogP contribution in [0.1, 0.15) is 29.9 Å². The Morgan fingerprint density at radius 1 is 1.53 bits per heavy atom. The molecule has 1 heterocycles. The zero-order valence-corrected chi connectivity index (χ0v) is 8.14. The average molecular weight is 221 g/mol. The normalized spacial score (nSPS) is 11.9. The highest BCUT2D eigenvalue weighted by Gasteiger charge is 2.37. The van der Waals surface area contributed by atoms with Gasteiger partial charge in [-0.3, -0.25) is 9.89 Å². The van der Waals surface area contributed by atoms with Crippen molar-refractivity contribution in [3.8, 4) is 0 Å². The van der Waals surface area contributed by atoms with Gasteiger partial charge in [0, 0.05) is 6.04 Å². The van der Waals surface area contributed by atoms with Crippen molar-refractivity contribution in [2.75, 3.05) is 0 Å². The minimum atomic E-state index is -4.60. The van der Waals surface area contributed by atoms with Crippen molar-refractivity contribution >= 4 is 5.91 Å². The molecule has 0 saturated heterocycles. The molecule has 0 aromatic carbocycles. The Kier molecular flexibility index (Phi) is 3.01. The lowest BCUT2D eigenvalue weighted by Crippen LogP contribution is -2.31. The summed E-state index contributed by atoms with van der Waals surface area (Å²) in [4.78, 5) is 11.3. The number of carbonyl (C=O) groups is 1. The summed E-state index contributed by atoms with van der Waals surface area (Å²) >= 11 is 0. The Morgan fingerprint density at radius 2 is 2.13 bits per heavy atom. The average Bonchev–Trinajstić information content (AvgIpc) is 2.48. The second-order valence-corrected chi connectivity index (χ2v) is 3.28. The van der Waals surface area contributed by atoms with Crippen molar-refractivity contribution in [3.63, 3.8) is 0 Å². The van der Waals surface area contributed by atoms with Gasteiger partial charge in [-0.15, -0.1) is 0 Å². The first kappa shape index (κ1) is 11.5. The van der Waals surface area contributed by atoms with Gasteiger partial charge < -0.3 is 5.32 Å². The monoisotopic (exact) mass is 221 g/mol. The molecular formula is C8H10F3N3O. The van der Waals surface area contributed by atoms with Crippen LogP contribution in [0.15, 0.2) is 6.20 Å². The topological polar surface area (TPSA) is 57.8 Å². The molecule has 2 N–H and O–H groups in total. The minimum absolute atomic E-state index is 0.228. The molecule has 4 nitrogen and oxygen atoms in total. The molecule has 0 radical (unpaired) electrons. The van der Waals surface area contributed by atoms with Crippen molar-refractivity contribution < 1.29 is 18.0 Å². The molecular weight excluding hydrogens is 211 g/mol. The highest BCUT2D eigenvalue weighted by Crippen LogP contribution is 2.29. The zero-order valence-electron chi connectivity index (χ0n) is 8.14. The van der Waals surface area contributed by atoms with Gasteiger partial charge in [-0.1, -0.05) is 0 Å². The third kappa shape index (κ3) is 2.71. The molecule has 0 aliphatic carbocycles. The van der Waals surface area contributed by atoms with Gasteiger partial charge >= 0.3 is 6.18 Å². The van der Waals surface area contributed by atoms with Crippen molar-refractivity contribution in [3.05, 3.63) is 17.5 Å². The Labute approximate surface area is 83.9 Å². The van der Waals surface area contributed by atoms with E-state index in [1.54, 1.807) is 18.9 Å². The van der Waals surface area contributed by atoms with Crippen LogP contribution in [0.5, 0.6) is 0 Å². The third-order valence-electron chi connectivity index (χ3n) is 1.59. The maximum Gasteiger partial charge on any atom is 0.433 e. The fourth-order valence-electron chi connectivity index (χ4n) is 1.01. The number of aromatic nitrogens is 2. The van der Waals surface area contributed by atoms with Crippen LogP contribution in [-0.2, 0) is 6.18 Å². The molecule has 0 bridgehead atoms. The van der Waals surface area contributed by atoms with Crippen LogP contribution in [0, 0.1) is 0 Å². The standard InChI is InChI=1S/C8H10F3N3O/c1-4(2)13-7(15)5-3-12-14-6(5)8(9,10)11/h3-4H,1-2H3,(H,12,14)(H,13,15). The first-order valence-corrected chi connectivity index (χ1v) is 4.23. The van der Waals surface area contributed by atoms with E-state index in [2.05, 4.69) is 10.4 Å². The van der Waals surface area contributed by atoms with Crippen molar-refractivity contribution in [2.45, 2.75) is 26.1 Å². The minimum Gasteiger partial charge on any atom is -0.350 e. The van der Waals surface area contributed by atoms with Gasteiger partial charge in [0.2, 0.25) is 0 Å². The van der Waals surface area contributed by atoms with Crippen LogP contribution in [0.2, 0.25) is 0 Å². The summed E-state index contributed by atoms with van der Waals surface area (Å²) in [6.45, 7) is 3.32. The highest BCUT2D eigenvalue weighted by atomic mass is 19.4. The molecule has 1 amide bonds. The lowest BCUT2D eigenvalue weighted by atomic mass is 10.2. The molecule has 1 aromatic heterocycles. The number of nitrogens with zero attached hydrogens (tertiary/aromatic N) is 1. The summed E-state index contributed by atoms with van der Waals surface area (Å²) in [6.07, 6.45) is -3.74. The van der Waals surface area contributed by atoms with Crippen LogP contribution in [0.3, 0.4) is 0 Å². The van der Waals surface area contributed by atoms with E-state index in [-0.39, 0.29) is 6.04 Å². The molecule has 15 heavy (non-hydrogen) atoms. The van der Waals surface area contributed by atoms with E-state index in [1.807, 2.05) is 0 Å². The zero-order chi connectivity index (χ0) is 11.6. The molecule has 0 unspecified atom stereocenters. The van der Waals surface area contributed by atoms with E-state index >= 15 is 0 Å². The number of H-pyrrole nitrogens is 1. The lowest BCUT2D eigenvalue weighted by molar-refractivity contribution is -0.141. The molecule has 0 fully saturated rings.